The van der Waals surface area contributed by atoms with Gasteiger partial charge >= 0.3 is 6.03 Å². The Bertz CT molecular complexity index is 1850. The number of carbonyl (C=O) groups excluding carboxylic acids is 3. The first-order chi connectivity index (χ1) is 20.5. The van der Waals surface area contributed by atoms with Gasteiger partial charge in [-0.05, 0) is 81.9 Å². The Labute approximate surface area is 241 Å². The molecule has 1 saturated heterocycles. The summed E-state index contributed by atoms with van der Waals surface area (Å²) in [5.41, 5.74) is 3.31. The summed E-state index contributed by atoms with van der Waals surface area (Å²) in [5, 5.41) is 4.03. The van der Waals surface area contributed by atoms with E-state index in [-0.39, 0.29) is 11.4 Å². The number of barbiturate groups is 1. The number of fused-ring (bicyclic) bond motifs is 1. The molecule has 5 aromatic rings. The summed E-state index contributed by atoms with van der Waals surface area (Å²) >= 11 is 0. The second-order valence-electron chi connectivity index (χ2n) is 9.89. The lowest BCUT2D eigenvalue weighted by atomic mass is 9.92. The number of benzene rings is 5. The van der Waals surface area contributed by atoms with Gasteiger partial charge in [0.25, 0.3) is 11.8 Å². The van der Waals surface area contributed by atoms with Gasteiger partial charge in [0.1, 0.15) is 23.7 Å². The van der Waals surface area contributed by atoms with E-state index in [0.29, 0.717) is 30.0 Å². The zero-order chi connectivity index (χ0) is 29.1. The first-order valence-electron chi connectivity index (χ1n) is 13.4. The number of carbonyl (C=O) groups is 3. The van der Waals surface area contributed by atoms with Crippen molar-refractivity contribution in [1.82, 2.24) is 5.32 Å². The largest absolute Gasteiger partial charge is 0.489 e. The third-order valence-electron chi connectivity index (χ3n) is 7.08. The van der Waals surface area contributed by atoms with Gasteiger partial charge in [-0.15, -0.1) is 0 Å². The van der Waals surface area contributed by atoms with E-state index in [2.05, 4.69) is 5.32 Å². The third kappa shape index (κ3) is 5.53. The molecule has 1 fully saturated rings. The van der Waals surface area contributed by atoms with Crippen molar-refractivity contribution in [3.63, 3.8) is 0 Å². The van der Waals surface area contributed by atoms with Gasteiger partial charge in [-0.25, -0.2) is 14.1 Å². The van der Waals surface area contributed by atoms with Gasteiger partial charge in [0.05, 0.1) is 5.69 Å². The van der Waals surface area contributed by atoms with Crippen molar-refractivity contribution in [2.75, 3.05) is 4.90 Å². The monoisotopic (exact) mass is 556 g/mol. The van der Waals surface area contributed by atoms with E-state index >= 15 is 0 Å². The predicted octanol–water partition coefficient (Wildman–Crippen LogP) is 6.82. The molecule has 0 aliphatic carbocycles. The second-order valence-corrected chi connectivity index (χ2v) is 9.89. The second kappa shape index (κ2) is 11.5. The summed E-state index contributed by atoms with van der Waals surface area (Å²) in [6.45, 7) is 0.369. The molecule has 0 saturated carbocycles. The van der Waals surface area contributed by atoms with Crippen LogP contribution in [0.2, 0.25) is 0 Å². The molecule has 0 spiro atoms. The predicted molar refractivity (Wildman–Crippen MR) is 159 cm³/mol. The summed E-state index contributed by atoms with van der Waals surface area (Å²) in [6.07, 6.45) is 1.90. The number of hydrogen-bond donors (Lipinski definition) is 1. The Morgan fingerprint density at radius 3 is 2.29 bits per heavy atom. The summed E-state index contributed by atoms with van der Waals surface area (Å²) in [5.74, 6) is -1.31. The highest BCUT2D eigenvalue weighted by Crippen LogP contribution is 2.30. The first-order valence-corrected chi connectivity index (χ1v) is 13.4. The van der Waals surface area contributed by atoms with Crippen LogP contribution in [0.3, 0.4) is 0 Å². The number of ether oxygens (including phenoxy) is 1. The fraction of sp³-hybridized carbons (Fsp3) is 0.0571. The highest BCUT2D eigenvalue weighted by molar-refractivity contribution is 6.39. The van der Waals surface area contributed by atoms with Crippen molar-refractivity contribution in [2.45, 2.75) is 13.0 Å². The molecule has 1 heterocycles. The van der Waals surface area contributed by atoms with Crippen LogP contribution in [0, 0.1) is 5.82 Å². The fourth-order valence-electron chi connectivity index (χ4n) is 5.00. The first kappa shape index (κ1) is 26.7. The van der Waals surface area contributed by atoms with Gasteiger partial charge in [0, 0.05) is 0 Å². The van der Waals surface area contributed by atoms with Crippen LogP contribution in [0.5, 0.6) is 5.75 Å². The molecular formula is C35H25FN2O4. The Morgan fingerprint density at radius 2 is 1.50 bits per heavy atom. The SMILES string of the molecule is O=C1NC(=O)N(c2ccc(OCc3ccccc3)cc2)C(=O)/C1=C/c1c(Cc2cccc(F)c2)ccc2ccccc12. The van der Waals surface area contributed by atoms with Crippen LogP contribution < -0.4 is 15.0 Å². The zero-order valence-corrected chi connectivity index (χ0v) is 22.4. The Hall–Kier alpha value is -5.56. The van der Waals surface area contributed by atoms with E-state index < -0.39 is 17.8 Å². The number of nitrogens with one attached hydrogen (secondary N) is 1. The Morgan fingerprint density at radius 1 is 0.762 bits per heavy atom. The highest BCUT2D eigenvalue weighted by atomic mass is 19.1. The number of nitrogens with zero attached hydrogens (tertiary/aromatic N) is 1. The molecule has 5 aromatic carbocycles. The fourth-order valence-corrected chi connectivity index (χ4v) is 5.00. The molecule has 6 nitrogen and oxygen atoms in total. The Kier molecular flexibility index (Phi) is 7.30. The molecule has 1 aliphatic rings. The van der Waals surface area contributed by atoms with Crippen LogP contribution in [0.15, 0.2) is 121 Å². The quantitative estimate of drug-likeness (QED) is 0.176. The lowest BCUT2D eigenvalue weighted by Gasteiger charge is -2.26. The molecule has 206 valence electrons. The number of halogens is 1. The van der Waals surface area contributed by atoms with Gasteiger partial charge in [-0.3, -0.25) is 14.9 Å². The third-order valence-corrected chi connectivity index (χ3v) is 7.08. The number of imide groups is 2. The van der Waals surface area contributed by atoms with Gasteiger partial charge < -0.3 is 4.74 Å². The van der Waals surface area contributed by atoms with Crippen molar-refractivity contribution in [1.29, 1.82) is 0 Å². The van der Waals surface area contributed by atoms with E-state index in [4.69, 9.17) is 4.74 Å². The summed E-state index contributed by atoms with van der Waals surface area (Å²) in [7, 11) is 0. The molecule has 1 aliphatic heterocycles. The zero-order valence-electron chi connectivity index (χ0n) is 22.4. The van der Waals surface area contributed by atoms with Gasteiger partial charge in [0.2, 0.25) is 0 Å². The minimum absolute atomic E-state index is 0.184. The van der Waals surface area contributed by atoms with Crippen LogP contribution in [0.4, 0.5) is 14.9 Å². The van der Waals surface area contributed by atoms with Crippen LogP contribution in [0.1, 0.15) is 22.3 Å². The number of anilines is 1. The summed E-state index contributed by atoms with van der Waals surface area (Å²) < 4.78 is 19.8. The van der Waals surface area contributed by atoms with Crippen molar-refractivity contribution in [3.05, 3.63) is 149 Å². The van der Waals surface area contributed by atoms with Crippen LogP contribution >= 0.6 is 0 Å². The maximum atomic E-state index is 13.9. The van der Waals surface area contributed by atoms with E-state index in [1.807, 2.05) is 72.8 Å². The number of rotatable bonds is 7. The van der Waals surface area contributed by atoms with Crippen molar-refractivity contribution in [2.24, 2.45) is 0 Å². The highest BCUT2D eigenvalue weighted by Gasteiger charge is 2.37. The van der Waals surface area contributed by atoms with Crippen molar-refractivity contribution < 1.29 is 23.5 Å². The molecule has 6 rings (SSSR count). The molecule has 0 aromatic heterocycles. The standard InChI is InChI=1S/C35H25FN2O4/c36-27-11-6-9-24(20-27)19-26-14-13-25-10-4-5-12-30(25)31(26)21-32-33(39)37-35(41)38(34(32)40)28-15-17-29(18-16-28)42-22-23-7-2-1-3-8-23/h1-18,20-21H,19,22H2,(H,37,39,41)/b32-21+. The average molecular weight is 557 g/mol. The number of urea groups is 1. The van der Waals surface area contributed by atoms with Gasteiger partial charge in [-0.1, -0.05) is 78.9 Å². The molecular weight excluding hydrogens is 531 g/mol. The van der Waals surface area contributed by atoms with E-state index in [9.17, 15) is 18.8 Å². The summed E-state index contributed by atoms with van der Waals surface area (Å²) in [6, 6.07) is 33.1. The van der Waals surface area contributed by atoms with Crippen molar-refractivity contribution >= 4 is 40.4 Å². The minimum Gasteiger partial charge on any atom is -0.489 e. The smallest absolute Gasteiger partial charge is 0.335 e. The maximum absolute atomic E-state index is 13.9. The normalized spacial score (nSPS) is 14.4. The molecule has 4 amide bonds. The lowest BCUT2D eigenvalue weighted by Crippen LogP contribution is -2.54. The van der Waals surface area contributed by atoms with Gasteiger partial charge in [-0.2, -0.15) is 0 Å². The lowest BCUT2D eigenvalue weighted by molar-refractivity contribution is -0.122. The minimum atomic E-state index is -0.835. The number of amides is 4. The number of hydrogen-bond acceptors (Lipinski definition) is 4. The molecule has 1 N–H and O–H groups in total. The topological polar surface area (TPSA) is 75.7 Å². The summed E-state index contributed by atoms with van der Waals surface area (Å²) in [4.78, 5) is 40.5. The molecule has 0 atom stereocenters. The molecule has 0 radical (unpaired) electrons. The molecule has 0 unspecified atom stereocenters. The van der Waals surface area contributed by atoms with E-state index in [0.717, 1.165) is 32.4 Å². The van der Waals surface area contributed by atoms with Crippen LogP contribution in [-0.2, 0) is 22.6 Å². The maximum Gasteiger partial charge on any atom is 0.335 e. The van der Waals surface area contributed by atoms with E-state index in [1.165, 1.54) is 18.2 Å². The molecule has 0 bridgehead atoms. The van der Waals surface area contributed by atoms with Crippen LogP contribution in [-0.4, -0.2) is 17.8 Å². The molecule has 42 heavy (non-hydrogen) atoms. The van der Waals surface area contributed by atoms with Crippen molar-refractivity contribution in [3.8, 4) is 5.75 Å². The average Bonchev–Trinajstić information content (AvgIpc) is 3.00. The Balaban J connectivity index is 1.33. The van der Waals surface area contributed by atoms with Gasteiger partial charge in [0.15, 0.2) is 0 Å². The molecule has 7 heteroatoms. The van der Waals surface area contributed by atoms with E-state index in [1.54, 1.807) is 30.3 Å². The van der Waals surface area contributed by atoms with Crippen LogP contribution in [0.25, 0.3) is 16.8 Å².